The minimum atomic E-state index is -0.368. The molecule has 0 bridgehead atoms. The molecule has 1 aromatic heterocycles. The van der Waals surface area contributed by atoms with Crippen LogP contribution in [0.2, 0.25) is 0 Å². The fourth-order valence-electron chi connectivity index (χ4n) is 4.05. The molecule has 1 saturated carbocycles. The summed E-state index contributed by atoms with van der Waals surface area (Å²) in [4.78, 5) is 17.3. The van der Waals surface area contributed by atoms with Crippen LogP contribution in [0.25, 0.3) is 0 Å². The van der Waals surface area contributed by atoms with E-state index in [4.69, 9.17) is 0 Å². The molecule has 2 N–H and O–H groups in total. The van der Waals surface area contributed by atoms with E-state index in [0.29, 0.717) is 0 Å². The number of amides is 1. The second kappa shape index (κ2) is 6.26. The first-order valence-corrected chi connectivity index (χ1v) is 8.83. The molecule has 2 aliphatic rings. The number of benzene rings is 1. The smallest absolute Gasteiger partial charge is 0.224 e. The summed E-state index contributed by atoms with van der Waals surface area (Å²) in [5.41, 5.74) is 1.02. The third-order valence-electron chi connectivity index (χ3n) is 5.71. The maximum absolute atomic E-state index is 13.3. The van der Waals surface area contributed by atoms with E-state index >= 15 is 0 Å². The largest absolute Gasteiger partial charge is 0.342 e. The second-order valence-corrected chi connectivity index (χ2v) is 7.26. The van der Waals surface area contributed by atoms with Crippen molar-refractivity contribution in [1.29, 1.82) is 0 Å². The molecule has 6 heteroatoms. The Morgan fingerprint density at radius 2 is 2.08 bits per heavy atom. The zero-order valence-corrected chi connectivity index (χ0v) is 14.3. The standard InChI is InChI=1S/C19H23FN4O/c1-24-11-10-22-17(24)16(13-2-4-14(20)5-3-13)23-18(25)15-12-19(15)6-8-21-9-7-19/h2-5,10-11,15-16,21H,6-9,12H2,1H3,(H,23,25). The normalized spacial score (nSPS) is 22.6. The summed E-state index contributed by atoms with van der Waals surface area (Å²) in [6, 6.07) is 5.89. The number of nitrogens with zero attached hydrogens (tertiary/aromatic N) is 2. The third-order valence-corrected chi connectivity index (χ3v) is 5.71. The number of carbonyl (C=O) groups excluding carboxylic acids is 1. The van der Waals surface area contributed by atoms with Crippen LogP contribution >= 0.6 is 0 Å². The molecule has 4 rings (SSSR count). The van der Waals surface area contributed by atoms with Gasteiger partial charge in [0.15, 0.2) is 0 Å². The number of carbonyl (C=O) groups is 1. The van der Waals surface area contributed by atoms with Gasteiger partial charge >= 0.3 is 0 Å². The van der Waals surface area contributed by atoms with Crippen LogP contribution in [0.3, 0.4) is 0 Å². The van der Waals surface area contributed by atoms with Crippen molar-refractivity contribution in [1.82, 2.24) is 20.2 Å². The number of halogens is 1. The first-order chi connectivity index (χ1) is 12.1. The van der Waals surface area contributed by atoms with Gasteiger partial charge in [-0.15, -0.1) is 0 Å². The fraction of sp³-hybridized carbons (Fsp3) is 0.474. The minimum absolute atomic E-state index is 0.0813. The van der Waals surface area contributed by atoms with Gasteiger partial charge in [0, 0.05) is 25.4 Å². The van der Waals surface area contributed by atoms with Crippen molar-refractivity contribution < 1.29 is 9.18 Å². The number of hydrogen-bond donors (Lipinski definition) is 2. The summed E-state index contributed by atoms with van der Waals surface area (Å²) >= 11 is 0. The lowest BCUT2D eigenvalue weighted by atomic mass is 9.91. The molecule has 2 heterocycles. The summed E-state index contributed by atoms with van der Waals surface area (Å²) in [5.74, 6) is 0.626. The Morgan fingerprint density at radius 1 is 1.36 bits per heavy atom. The van der Waals surface area contributed by atoms with Gasteiger partial charge in [0.25, 0.3) is 0 Å². The van der Waals surface area contributed by atoms with E-state index in [1.54, 1.807) is 18.3 Å². The summed E-state index contributed by atoms with van der Waals surface area (Å²) in [6.45, 7) is 1.98. The molecule has 5 nitrogen and oxygen atoms in total. The third kappa shape index (κ3) is 3.06. The van der Waals surface area contributed by atoms with Gasteiger partial charge in [-0.25, -0.2) is 9.37 Å². The van der Waals surface area contributed by atoms with Crippen LogP contribution in [0.1, 0.15) is 36.7 Å². The highest BCUT2D eigenvalue weighted by Crippen LogP contribution is 2.58. The van der Waals surface area contributed by atoms with Gasteiger partial charge in [0.1, 0.15) is 17.7 Å². The summed E-state index contributed by atoms with van der Waals surface area (Å²) in [5, 5.41) is 6.53. The monoisotopic (exact) mass is 342 g/mol. The van der Waals surface area contributed by atoms with E-state index in [2.05, 4.69) is 15.6 Å². The Kier molecular flexibility index (Phi) is 4.07. The number of aromatic nitrogens is 2. The van der Waals surface area contributed by atoms with Gasteiger partial charge in [-0.2, -0.15) is 0 Å². The van der Waals surface area contributed by atoms with E-state index in [1.165, 1.54) is 12.1 Å². The lowest BCUT2D eigenvalue weighted by molar-refractivity contribution is -0.123. The maximum atomic E-state index is 13.3. The molecule has 132 valence electrons. The van der Waals surface area contributed by atoms with Crippen molar-refractivity contribution in [3.63, 3.8) is 0 Å². The molecular weight excluding hydrogens is 319 g/mol. The number of rotatable bonds is 4. The summed E-state index contributed by atoms with van der Waals surface area (Å²) in [6.07, 6.45) is 6.66. The minimum Gasteiger partial charge on any atom is -0.342 e. The van der Waals surface area contributed by atoms with Crippen LogP contribution in [0.4, 0.5) is 4.39 Å². The van der Waals surface area contributed by atoms with Crippen LogP contribution in [-0.2, 0) is 11.8 Å². The average molecular weight is 342 g/mol. The lowest BCUT2D eigenvalue weighted by Crippen LogP contribution is -2.36. The van der Waals surface area contributed by atoms with Crippen LogP contribution in [0.15, 0.2) is 36.7 Å². The van der Waals surface area contributed by atoms with Crippen LogP contribution in [0.5, 0.6) is 0 Å². The van der Waals surface area contributed by atoms with Crippen molar-refractivity contribution in [2.45, 2.75) is 25.3 Å². The van der Waals surface area contributed by atoms with E-state index in [-0.39, 0.29) is 29.1 Å². The van der Waals surface area contributed by atoms with Gasteiger partial charge in [0.2, 0.25) is 5.91 Å². The molecule has 2 aromatic rings. The molecule has 1 aliphatic heterocycles. The van der Waals surface area contributed by atoms with E-state index < -0.39 is 0 Å². The predicted molar refractivity (Wildman–Crippen MR) is 92.2 cm³/mol. The first kappa shape index (κ1) is 16.3. The predicted octanol–water partition coefficient (Wildman–Crippen LogP) is 2.15. The van der Waals surface area contributed by atoms with Crippen molar-refractivity contribution in [2.75, 3.05) is 13.1 Å². The summed E-state index contributed by atoms with van der Waals surface area (Å²) in [7, 11) is 1.90. The van der Waals surface area contributed by atoms with Crippen molar-refractivity contribution >= 4 is 5.91 Å². The van der Waals surface area contributed by atoms with E-state index in [9.17, 15) is 9.18 Å². The Labute approximate surface area is 146 Å². The Morgan fingerprint density at radius 3 is 2.72 bits per heavy atom. The SMILES string of the molecule is Cn1ccnc1C(NC(=O)C1CC12CCNCC2)c1ccc(F)cc1. The van der Waals surface area contributed by atoms with Gasteiger partial charge in [-0.05, 0) is 55.5 Å². The number of piperidine rings is 1. The molecule has 25 heavy (non-hydrogen) atoms. The molecule has 0 radical (unpaired) electrons. The number of imidazole rings is 1. The van der Waals surface area contributed by atoms with E-state index in [1.807, 2.05) is 17.8 Å². The van der Waals surface area contributed by atoms with Crippen molar-refractivity contribution in [3.8, 4) is 0 Å². The molecule has 1 saturated heterocycles. The molecule has 2 atom stereocenters. The molecule has 1 spiro atoms. The number of aryl methyl sites for hydroxylation is 1. The van der Waals surface area contributed by atoms with Gasteiger partial charge in [-0.1, -0.05) is 12.1 Å². The van der Waals surface area contributed by atoms with Crippen LogP contribution < -0.4 is 10.6 Å². The van der Waals surface area contributed by atoms with Crippen LogP contribution in [-0.4, -0.2) is 28.5 Å². The second-order valence-electron chi connectivity index (χ2n) is 7.26. The molecular formula is C19H23FN4O. The molecule has 2 fully saturated rings. The lowest BCUT2D eigenvalue weighted by Gasteiger charge is -2.24. The number of nitrogens with one attached hydrogen (secondary N) is 2. The zero-order chi connectivity index (χ0) is 17.4. The highest BCUT2D eigenvalue weighted by molar-refractivity contribution is 5.83. The van der Waals surface area contributed by atoms with Gasteiger partial charge in [-0.3, -0.25) is 4.79 Å². The van der Waals surface area contributed by atoms with Crippen molar-refractivity contribution in [2.24, 2.45) is 18.4 Å². The molecule has 1 aliphatic carbocycles. The summed E-state index contributed by atoms with van der Waals surface area (Å²) < 4.78 is 15.2. The Balaban J connectivity index is 1.56. The Bertz CT molecular complexity index is 764. The van der Waals surface area contributed by atoms with Gasteiger partial charge < -0.3 is 15.2 Å². The van der Waals surface area contributed by atoms with Crippen LogP contribution in [0, 0.1) is 17.2 Å². The topological polar surface area (TPSA) is 59.0 Å². The van der Waals surface area contributed by atoms with Gasteiger partial charge in [0.05, 0.1) is 0 Å². The molecule has 1 aromatic carbocycles. The molecule has 1 amide bonds. The highest BCUT2D eigenvalue weighted by atomic mass is 19.1. The average Bonchev–Trinajstić information content (AvgIpc) is 3.13. The maximum Gasteiger partial charge on any atom is 0.224 e. The Hall–Kier alpha value is -2.21. The fourth-order valence-corrected chi connectivity index (χ4v) is 4.05. The first-order valence-electron chi connectivity index (χ1n) is 8.83. The molecule has 2 unspecified atom stereocenters. The highest BCUT2D eigenvalue weighted by Gasteiger charge is 2.57. The van der Waals surface area contributed by atoms with E-state index in [0.717, 1.165) is 43.7 Å². The van der Waals surface area contributed by atoms with Crippen molar-refractivity contribution in [3.05, 3.63) is 53.9 Å². The quantitative estimate of drug-likeness (QED) is 0.895. The number of hydrogen-bond acceptors (Lipinski definition) is 3. The zero-order valence-electron chi connectivity index (χ0n) is 14.3.